The maximum Gasteiger partial charge on any atom is 0.215 e. The van der Waals surface area contributed by atoms with Gasteiger partial charge in [0.05, 0.1) is 5.25 Å². The van der Waals surface area contributed by atoms with Crippen molar-refractivity contribution in [2.24, 2.45) is 0 Å². The average molecular weight is 297 g/mol. The molecule has 0 aromatic heterocycles. The van der Waals surface area contributed by atoms with Crippen LogP contribution in [-0.2, 0) is 10.0 Å². The van der Waals surface area contributed by atoms with Crippen LogP contribution in [0.2, 0.25) is 0 Å². The van der Waals surface area contributed by atoms with Gasteiger partial charge in [0, 0.05) is 32.4 Å². The number of benzene rings is 1. The molecule has 1 aliphatic heterocycles. The Balaban J connectivity index is 1.71. The van der Waals surface area contributed by atoms with Crippen LogP contribution in [0.25, 0.3) is 0 Å². The lowest BCUT2D eigenvalue weighted by Crippen LogP contribution is -2.37. The van der Waals surface area contributed by atoms with Gasteiger partial charge in [-0.2, -0.15) is 0 Å². The number of nitrogens with zero attached hydrogens (tertiary/aromatic N) is 1. The first-order chi connectivity index (χ1) is 9.59. The second-order valence-electron chi connectivity index (χ2n) is 5.16. The predicted molar refractivity (Wildman–Crippen MR) is 82.5 cm³/mol. The van der Waals surface area contributed by atoms with Gasteiger partial charge in [0.15, 0.2) is 0 Å². The normalized spacial score (nSPS) is 19.1. The summed E-state index contributed by atoms with van der Waals surface area (Å²) in [5, 5.41) is 2.81. The summed E-state index contributed by atoms with van der Waals surface area (Å²) in [6.07, 6.45) is 1.50. The molecule has 20 heavy (non-hydrogen) atoms. The Hall–Kier alpha value is -1.11. The monoisotopic (exact) mass is 297 g/mol. The topological polar surface area (TPSA) is 61.4 Å². The van der Waals surface area contributed by atoms with Crippen molar-refractivity contribution in [3.8, 4) is 0 Å². The number of hydrogen-bond acceptors (Lipinski definition) is 4. The smallest absolute Gasteiger partial charge is 0.215 e. The minimum Gasteiger partial charge on any atom is -0.375 e. The Morgan fingerprint density at radius 2 is 2.10 bits per heavy atom. The van der Waals surface area contributed by atoms with Gasteiger partial charge in [0.1, 0.15) is 0 Å². The zero-order valence-corrected chi connectivity index (χ0v) is 12.7. The third-order valence-corrected chi connectivity index (χ3v) is 5.51. The first kappa shape index (κ1) is 15.3. The third kappa shape index (κ3) is 4.19. The van der Waals surface area contributed by atoms with Crippen LogP contribution >= 0.6 is 0 Å². The summed E-state index contributed by atoms with van der Waals surface area (Å²) in [5.41, 5.74) is 1.15. The number of hydrogen-bond donors (Lipinski definition) is 2. The standard InChI is InChI=1S/C14H23N3O2S/c1-17(13-6-3-2-4-7-13)11-5-9-16-20(18,19)14-8-10-15-12-14/h2-4,6-7,14-16H,5,8-12H2,1H3. The van der Waals surface area contributed by atoms with E-state index in [9.17, 15) is 8.42 Å². The molecule has 0 aliphatic carbocycles. The summed E-state index contributed by atoms with van der Waals surface area (Å²) in [7, 11) is -1.14. The average Bonchev–Trinajstić information content (AvgIpc) is 2.99. The van der Waals surface area contributed by atoms with Crippen LogP contribution in [0.3, 0.4) is 0 Å². The van der Waals surface area contributed by atoms with Crippen LogP contribution in [0.5, 0.6) is 0 Å². The molecule has 0 saturated carbocycles. The van der Waals surface area contributed by atoms with E-state index in [0.717, 1.165) is 25.2 Å². The molecule has 112 valence electrons. The molecule has 1 heterocycles. The summed E-state index contributed by atoms with van der Waals surface area (Å²) in [5.74, 6) is 0. The molecule has 5 nitrogen and oxygen atoms in total. The Morgan fingerprint density at radius 1 is 1.35 bits per heavy atom. The molecule has 1 atom stereocenters. The Morgan fingerprint density at radius 3 is 2.75 bits per heavy atom. The quantitative estimate of drug-likeness (QED) is 0.731. The predicted octanol–water partition coefficient (Wildman–Crippen LogP) is 0.794. The number of nitrogens with one attached hydrogen (secondary N) is 2. The van der Waals surface area contributed by atoms with Gasteiger partial charge in [-0.3, -0.25) is 0 Å². The fraction of sp³-hybridized carbons (Fsp3) is 0.571. The van der Waals surface area contributed by atoms with Crippen molar-refractivity contribution in [2.45, 2.75) is 18.1 Å². The van der Waals surface area contributed by atoms with Crippen LogP contribution in [0, 0.1) is 0 Å². The molecule has 2 rings (SSSR count). The molecule has 1 unspecified atom stereocenters. The minimum atomic E-state index is -3.15. The van der Waals surface area contributed by atoms with Crippen LogP contribution in [0.1, 0.15) is 12.8 Å². The highest BCUT2D eigenvalue weighted by Gasteiger charge is 2.27. The van der Waals surface area contributed by atoms with Gasteiger partial charge in [0.2, 0.25) is 10.0 Å². The van der Waals surface area contributed by atoms with E-state index in [4.69, 9.17) is 0 Å². The Labute approximate surface area is 121 Å². The largest absolute Gasteiger partial charge is 0.375 e. The summed E-state index contributed by atoms with van der Waals surface area (Å²) < 4.78 is 26.7. The fourth-order valence-electron chi connectivity index (χ4n) is 2.35. The van der Waals surface area contributed by atoms with Gasteiger partial charge < -0.3 is 10.2 Å². The number of anilines is 1. The lowest BCUT2D eigenvalue weighted by molar-refractivity contribution is 0.565. The van der Waals surface area contributed by atoms with Crippen LogP contribution in [-0.4, -0.2) is 46.9 Å². The second kappa shape index (κ2) is 7.06. The summed E-state index contributed by atoms with van der Waals surface area (Å²) >= 11 is 0. The number of sulfonamides is 1. The Kier molecular flexibility index (Phi) is 5.39. The molecule has 0 bridgehead atoms. The second-order valence-corrected chi connectivity index (χ2v) is 7.21. The van der Waals surface area contributed by atoms with E-state index in [-0.39, 0.29) is 5.25 Å². The molecule has 1 fully saturated rings. The van der Waals surface area contributed by atoms with Gasteiger partial charge in [-0.25, -0.2) is 13.1 Å². The Bertz CT molecular complexity index is 498. The zero-order chi connectivity index (χ0) is 14.4. The van der Waals surface area contributed by atoms with Gasteiger partial charge in [0.25, 0.3) is 0 Å². The molecular formula is C14H23N3O2S. The SMILES string of the molecule is CN(CCCNS(=O)(=O)C1CCNC1)c1ccccc1. The van der Waals surface area contributed by atoms with Crippen molar-refractivity contribution < 1.29 is 8.42 Å². The van der Waals surface area contributed by atoms with E-state index < -0.39 is 10.0 Å². The van der Waals surface area contributed by atoms with Crippen LogP contribution in [0.4, 0.5) is 5.69 Å². The maximum atomic E-state index is 12.0. The molecular weight excluding hydrogens is 274 g/mol. The fourth-order valence-corrected chi connectivity index (χ4v) is 3.78. The van der Waals surface area contributed by atoms with Crippen molar-refractivity contribution in [3.05, 3.63) is 30.3 Å². The van der Waals surface area contributed by atoms with Crippen LogP contribution in [0.15, 0.2) is 30.3 Å². The molecule has 6 heteroatoms. The molecule has 1 saturated heterocycles. The lowest BCUT2D eigenvalue weighted by Gasteiger charge is -2.19. The molecule has 0 radical (unpaired) electrons. The van der Waals surface area contributed by atoms with Crippen molar-refractivity contribution in [1.29, 1.82) is 0 Å². The maximum absolute atomic E-state index is 12.0. The van der Waals surface area contributed by atoms with Crippen LogP contribution < -0.4 is 14.9 Å². The highest BCUT2D eigenvalue weighted by atomic mass is 32.2. The van der Waals surface area contributed by atoms with Gasteiger partial charge in [-0.1, -0.05) is 18.2 Å². The van der Waals surface area contributed by atoms with E-state index in [1.807, 2.05) is 37.4 Å². The summed E-state index contributed by atoms with van der Waals surface area (Å²) in [4.78, 5) is 2.13. The van der Waals surface area contributed by atoms with Crippen molar-refractivity contribution in [2.75, 3.05) is 38.1 Å². The van der Waals surface area contributed by atoms with E-state index in [1.165, 1.54) is 0 Å². The number of rotatable bonds is 7. The third-order valence-electron chi connectivity index (χ3n) is 3.62. The van der Waals surface area contributed by atoms with Crippen molar-refractivity contribution in [1.82, 2.24) is 10.0 Å². The minimum absolute atomic E-state index is 0.269. The molecule has 2 N–H and O–H groups in total. The lowest BCUT2D eigenvalue weighted by atomic mass is 10.3. The molecule has 1 aliphatic rings. The van der Waals surface area contributed by atoms with E-state index >= 15 is 0 Å². The molecule has 1 aromatic rings. The molecule has 1 aromatic carbocycles. The zero-order valence-electron chi connectivity index (χ0n) is 11.9. The number of para-hydroxylation sites is 1. The first-order valence-corrected chi connectivity index (χ1v) is 8.59. The van der Waals surface area contributed by atoms with E-state index in [0.29, 0.717) is 19.5 Å². The highest BCUT2D eigenvalue weighted by Crippen LogP contribution is 2.11. The van der Waals surface area contributed by atoms with Crippen molar-refractivity contribution in [3.63, 3.8) is 0 Å². The van der Waals surface area contributed by atoms with Gasteiger partial charge in [-0.05, 0) is 31.5 Å². The van der Waals surface area contributed by atoms with Gasteiger partial charge >= 0.3 is 0 Å². The van der Waals surface area contributed by atoms with Gasteiger partial charge in [-0.15, -0.1) is 0 Å². The summed E-state index contributed by atoms with van der Waals surface area (Å²) in [6, 6.07) is 10.1. The van der Waals surface area contributed by atoms with E-state index in [1.54, 1.807) is 0 Å². The molecule has 0 amide bonds. The molecule has 0 spiro atoms. The first-order valence-electron chi connectivity index (χ1n) is 7.05. The summed E-state index contributed by atoms with van der Waals surface area (Å²) in [6.45, 7) is 2.69. The van der Waals surface area contributed by atoms with Crippen molar-refractivity contribution >= 4 is 15.7 Å². The van der Waals surface area contributed by atoms with E-state index in [2.05, 4.69) is 14.9 Å². The highest BCUT2D eigenvalue weighted by molar-refractivity contribution is 7.90.